The van der Waals surface area contributed by atoms with Crippen molar-refractivity contribution in [1.82, 2.24) is 9.47 Å². The number of allylic oxidation sites excluding steroid dienone is 1. The molecule has 234 valence electrons. The normalized spacial score (nSPS) is 14.7. The summed E-state index contributed by atoms with van der Waals surface area (Å²) in [4.78, 5) is 34.9. The molecule has 12 heteroatoms. The van der Waals surface area contributed by atoms with Crippen molar-refractivity contribution in [3.63, 3.8) is 0 Å². The van der Waals surface area contributed by atoms with Crippen LogP contribution in [0.5, 0.6) is 11.5 Å². The molecule has 0 aliphatic carbocycles. The summed E-state index contributed by atoms with van der Waals surface area (Å²) >= 11 is 22.0. The van der Waals surface area contributed by atoms with Crippen LogP contribution in [0.3, 0.4) is 0 Å². The van der Waals surface area contributed by atoms with Crippen molar-refractivity contribution in [3.05, 3.63) is 121 Å². The first kappa shape index (κ1) is 33.5. The average molecular weight is 797 g/mol. The van der Waals surface area contributed by atoms with E-state index >= 15 is 0 Å². The highest BCUT2D eigenvalue weighted by molar-refractivity contribution is 14.1. The minimum atomic E-state index is -0.654. The number of nitrogens with zero attached hydrogens (tertiary/aromatic N) is 3. The SMILES string of the molecule is CCN(CC)C(=O)C1=C(C)N=c2s/c(=C/c3cc(I)c(OCc4ccc(Cl)cc4Cl)c(OC)c3)c(=O)n2[C@@H]1c1ccc(Cl)cc1. The highest BCUT2D eigenvalue weighted by atomic mass is 127. The van der Waals surface area contributed by atoms with Gasteiger partial charge in [0, 0.05) is 33.7 Å². The summed E-state index contributed by atoms with van der Waals surface area (Å²) in [5.41, 5.74) is 3.11. The Kier molecular flexibility index (Phi) is 10.7. The molecule has 1 aliphatic rings. The van der Waals surface area contributed by atoms with Crippen molar-refractivity contribution in [2.45, 2.75) is 33.4 Å². The first-order valence-corrected chi connectivity index (χ1v) is 17.1. The van der Waals surface area contributed by atoms with E-state index in [1.54, 1.807) is 46.9 Å². The Hall–Kier alpha value is -2.83. The zero-order valence-electron chi connectivity index (χ0n) is 24.9. The fourth-order valence-corrected chi connectivity index (χ4v) is 7.56. The molecule has 0 spiro atoms. The summed E-state index contributed by atoms with van der Waals surface area (Å²) in [6.45, 7) is 6.98. The molecule has 1 amide bonds. The monoisotopic (exact) mass is 795 g/mol. The van der Waals surface area contributed by atoms with Crippen molar-refractivity contribution in [1.29, 1.82) is 0 Å². The van der Waals surface area contributed by atoms with Gasteiger partial charge < -0.3 is 14.4 Å². The molecule has 0 saturated heterocycles. The largest absolute Gasteiger partial charge is 0.493 e. The third kappa shape index (κ3) is 6.97. The molecule has 4 aromatic rings. The van der Waals surface area contributed by atoms with Crippen LogP contribution in [-0.4, -0.2) is 35.6 Å². The lowest BCUT2D eigenvalue weighted by molar-refractivity contribution is -0.127. The Labute approximate surface area is 293 Å². The molecule has 0 unspecified atom stereocenters. The Morgan fingerprint density at radius 3 is 2.40 bits per heavy atom. The van der Waals surface area contributed by atoms with Crippen LogP contribution in [0.4, 0.5) is 0 Å². The third-order valence-corrected chi connectivity index (χ3v) is 10.0. The van der Waals surface area contributed by atoms with E-state index in [1.807, 2.05) is 51.1 Å². The first-order chi connectivity index (χ1) is 21.6. The van der Waals surface area contributed by atoms with Crippen molar-refractivity contribution < 1.29 is 14.3 Å². The Balaban J connectivity index is 1.58. The molecule has 0 N–H and O–H groups in total. The number of carbonyl (C=O) groups is 1. The molecule has 0 fully saturated rings. The average Bonchev–Trinajstić information content (AvgIpc) is 3.31. The maximum Gasteiger partial charge on any atom is 0.271 e. The van der Waals surface area contributed by atoms with Gasteiger partial charge in [-0.15, -0.1) is 0 Å². The molecule has 0 radical (unpaired) electrons. The van der Waals surface area contributed by atoms with Crippen molar-refractivity contribution >= 4 is 80.7 Å². The van der Waals surface area contributed by atoms with E-state index in [4.69, 9.17) is 49.3 Å². The minimum absolute atomic E-state index is 0.148. The molecular weight excluding hydrogens is 768 g/mol. The minimum Gasteiger partial charge on any atom is -0.493 e. The number of benzene rings is 3. The highest BCUT2D eigenvalue weighted by Gasteiger charge is 2.34. The fraction of sp³-hybridized carbons (Fsp3) is 0.242. The fourth-order valence-electron chi connectivity index (χ4n) is 5.14. The van der Waals surface area contributed by atoms with E-state index < -0.39 is 6.04 Å². The number of hydrogen-bond acceptors (Lipinski definition) is 6. The molecule has 45 heavy (non-hydrogen) atoms. The lowest BCUT2D eigenvalue weighted by Crippen LogP contribution is -2.43. The van der Waals surface area contributed by atoms with Gasteiger partial charge in [-0.1, -0.05) is 64.3 Å². The van der Waals surface area contributed by atoms with Crippen LogP contribution in [0.1, 0.15) is 43.5 Å². The predicted octanol–water partition coefficient (Wildman–Crippen LogP) is 7.26. The van der Waals surface area contributed by atoms with E-state index in [-0.39, 0.29) is 18.1 Å². The molecular formula is C33H29Cl3IN3O4S. The highest BCUT2D eigenvalue weighted by Crippen LogP contribution is 2.36. The van der Waals surface area contributed by atoms with Crippen LogP contribution in [0, 0.1) is 3.57 Å². The molecule has 7 nitrogen and oxygen atoms in total. The summed E-state index contributed by atoms with van der Waals surface area (Å²) in [6.07, 6.45) is 1.80. The van der Waals surface area contributed by atoms with Gasteiger partial charge in [0.2, 0.25) is 0 Å². The van der Waals surface area contributed by atoms with Crippen LogP contribution < -0.4 is 24.4 Å². The molecule has 3 aromatic carbocycles. The zero-order valence-corrected chi connectivity index (χ0v) is 30.1. The number of amides is 1. The quantitative estimate of drug-likeness (QED) is 0.168. The Bertz CT molecular complexity index is 1990. The Morgan fingerprint density at radius 1 is 1.07 bits per heavy atom. The van der Waals surface area contributed by atoms with Crippen LogP contribution in [0.2, 0.25) is 15.1 Å². The maximum atomic E-state index is 14.1. The zero-order chi connectivity index (χ0) is 32.4. The van der Waals surface area contributed by atoms with Gasteiger partial charge in [-0.3, -0.25) is 14.2 Å². The number of likely N-dealkylation sites (N-methyl/N-ethyl adjacent to an activating group) is 1. The second kappa shape index (κ2) is 14.3. The molecule has 0 saturated carbocycles. The number of rotatable bonds is 9. The van der Waals surface area contributed by atoms with Gasteiger partial charge >= 0.3 is 0 Å². The molecule has 2 heterocycles. The van der Waals surface area contributed by atoms with Crippen LogP contribution >= 0.6 is 68.7 Å². The van der Waals surface area contributed by atoms with Crippen LogP contribution in [0.25, 0.3) is 6.08 Å². The van der Waals surface area contributed by atoms with E-state index in [9.17, 15) is 9.59 Å². The smallest absolute Gasteiger partial charge is 0.271 e. The number of hydrogen-bond donors (Lipinski definition) is 0. The predicted molar refractivity (Wildman–Crippen MR) is 190 cm³/mol. The van der Waals surface area contributed by atoms with Gasteiger partial charge in [-0.25, -0.2) is 4.99 Å². The number of aromatic nitrogens is 1. The third-order valence-electron chi connectivity index (χ3n) is 7.43. The number of methoxy groups -OCH3 is 1. The van der Waals surface area contributed by atoms with Gasteiger partial charge in [0.25, 0.3) is 11.5 Å². The molecule has 1 atom stereocenters. The second-order valence-corrected chi connectivity index (χ2v) is 13.6. The van der Waals surface area contributed by atoms with Gasteiger partial charge in [-0.2, -0.15) is 0 Å². The summed E-state index contributed by atoms with van der Waals surface area (Å²) < 4.78 is 14.7. The van der Waals surface area contributed by atoms with Crippen molar-refractivity contribution in [2.75, 3.05) is 20.2 Å². The molecule has 5 rings (SSSR count). The van der Waals surface area contributed by atoms with E-state index in [2.05, 4.69) is 22.6 Å². The number of halogens is 4. The number of thiazole rings is 1. The summed E-state index contributed by atoms with van der Waals surface area (Å²) in [5.74, 6) is 0.916. The van der Waals surface area contributed by atoms with Gasteiger partial charge in [0.15, 0.2) is 16.3 Å². The topological polar surface area (TPSA) is 73.1 Å². The van der Waals surface area contributed by atoms with E-state index in [0.717, 1.165) is 20.3 Å². The molecule has 1 aromatic heterocycles. The van der Waals surface area contributed by atoms with Crippen LogP contribution in [-0.2, 0) is 11.4 Å². The first-order valence-electron chi connectivity index (χ1n) is 14.1. The lowest BCUT2D eigenvalue weighted by atomic mass is 9.94. The number of ether oxygens (including phenoxy) is 2. The molecule has 1 aliphatic heterocycles. The van der Waals surface area contributed by atoms with E-state index in [0.29, 0.717) is 60.3 Å². The molecule has 0 bridgehead atoms. The second-order valence-electron chi connectivity index (χ2n) is 10.2. The van der Waals surface area contributed by atoms with Crippen molar-refractivity contribution in [3.8, 4) is 11.5 Å². The van der Waals surface area contributed by atoms with Crippen molar-refractivity contribution in [2.24, 2.45) is 4.99 Å². The number of fused-ring (bicyclic) bond motifs is 1. The summed E-state index contributed by atoms with van der Waals surface area (Å²) in [7, 11) is 1.56. The van der Waals surface area contributed by atoms with E-state index in [1.165, 1.54) is 11.3 Å². The standard InChI is InChI=1S/C33H29Cl3IN3O4S/c1-5-39(6-2)32(42)28-18(3)38-33-40(29(28)20-7-10-22(34)11-8-20)31(41)27(45-33)15-19-13-25(37)30(26(14-19)43-4)44-17-21-9-12-23(35)16-24(21)36/h7-16,29H,5-6,17H2,1-4H3/b27-15+/t29-/m1/s1. The van der Waals surface area contributed by atoms with Crippen LogP contribution in [0.15, 0.2) is 75.7 Å². The lowest BCUT2D eigenvalue weighted by Gasteiger charge is -2.29. The summed E-state index contributed by atoms with van der Waals surface area (Å²) in [6, 6.07) is 15.5. The maximum absolute atomic E-state index is 14.1. The van der Waals surface area contributed by atoms with Gasteiger partial charge in [0.1, 0.15) is 6.61 Å². The number of carbonyl (C=O) groups excluding carboxylic acids is 1. The van der Waals surface area contributed by atoms with Gasteiger partial charge in [-0.05, 0) is 97.0 Å². The Morgan fingerprint density at radius 2 is 1.76 bits per heavy atom. The summed E-state index contributed by atoms with van der Waals surface area (Å²) in [5, 5.41) is 1.63. The van der Waals surface area contributed by atoms with Gasteiger partial charge in [0.05, 0.1) is 32.5 Å².